The lowest BCUT2D eigenvalue weighted by molar-refractivity contribution is -0.0384. The van der Waals surface area contributed by atoms with Gasteiger partial charge < -0.3 is 9.47 Å². The van der Waals surface area contributed by atoms with Crippen molar-refractivity contribution in [3.63, 3.8) is 0 Å². The zero-order valence-corrected chi connectivity index (χ0v) is 20.0. The number of hydrogen-bond acceptors (Lipinski definition) is 5. The zero-order chi connectivity index (χ0) is 23.5. The smallest absolute Gasteiger partial charge is 0.338 e. The molecule has 0 heterocycles. The van der Waals surface area contributed by atoms with E-state index in [1.807, 2.05) is 0 Å². The quantitative estimate of drug-likeness (QED) is 0.329. The monoisotopic (exact) mass is 480 g/mol. The van der Waals surface area contributed by atoms with Crippen LogP contribution in [0, 0.1) is 47.2 Å². The summed E-state index contributed by atoms with van der Waals surface area (Å²) in [5.74, 6) is 3.26. The Balaban J connectivity index is 1.31. The van der Waals surface area contributed by atoms with Gasteiger partial charge >= 0.3 is 5.97 Å². The Morgan fingerprint density at radius 3 is 2.58 bits per heavy atom. The molecule has 0 radical (unpaired) electrons. The Morgan fingerprint density at radius 1 is 1.15 bits per heavy atom. The van der Waals surface area contributed by atoms with E-state index in [-0.39, 0.29) is 11.3 Å². The highest BCUT2D eigenvalue weighted by molar-refractivity contribution is 7.85. The molecule has 0 saturated heterocycles. The molecule has 0 spiro atoms. The zero-order valence-electron chi connectivity index (χ0n) is 19.2. The Bertz CT molecular complexity index is 1040. The highest BCUT2D eigenvalue weighted by atomic mass is 32.2. The second kappa shape index (κ2) is 8.22. The van der Waals surface area contributed by atoms with Crippen LogP contribution < -0.4 is 4.74 Å². The van der Waals surface area contributed by atoms with Crippen molar-refractivity contribution in [2.24, 2.45) is 41.4 Å². The van der Waals surface area contributed by atoms with Crippen molar-refractivity contribution >= 4 is 16.1 Å². The van der Waals surface area contributed by atoms with Crippen LogP contribution in [0.3, 0.4) is 0 Å². The van der Waals surface area contributed by atoms with Crippen molar-refractivity contribution in [3.05, 3.63) is 29.6 Å². The molecule has 4 fully saturated rings. The van der Waals surface area contributed by atoms with Gasteiger partial charge in [-0.15, -0.1) is 0 Å². The molecule has 8 atom stereocenters. The lowest BCUT2D eigenvalue weighted by Crippen LogP contribution is -2.47. The second-order valence-corrected chi connectivity index (χ2v) is 12.4. The number of carbonyl (C=O) groups is 1. The van der Waals surface area contributed by atoms with Crippen molar-refractivity contribution in [2.45, 2.75) is 58.0 Å². The molecular formula is C25H33FO6S. The maximum Gasteiger partial charge on any atom is 0.338 e. The largest absolute Gasteiger partial charge is 0.484 e. The van der Waals surface area contributed by atoms with Crippen LogP contribution in [0.1, 0.15) is 62.7 Å². The molecule has 4 aliphatic rings. The van der Waals surface area contributed by atoms with Crippen LogP contribution in [0.4, 0.5) is 4.39 Å². The molecule has 4 saturated carbocycles. The minimum absolute atomic E-state index is 0.0239. The molecule has 8 heteroatoms. The first-order valence-corrected chi connectivity index (χ1v) is 13.8. The van der Waals surface area contributed by atoms with Gasteiger partial charge in [-0.1, -0.05) is 6.92 Å². The molecule has 0 aliphatic heterocycles. The number of ether oxygens (including phenoxy) is 2. The lowest BCUT2D eigenvalue weighted by Gasteiger charge is -2.46. The van der Waals surface area contributed by atoms with Crippen LogP contribution >= 0.6 is 0 Å². The van der Waals surface area contributed by atoms with Crippen LogP contribution in [-0.2, 0) is 14.9 Å². The number of halogens is 1. The maximum atomic E-state index is 14.7. The molecule has 182 valence electrons. The maximum absolute atomic E-state index is 14.7. The van der Waals surface area contributed by atoms with Gasteiger partial charge in [0.25, 0.3) is 10.1 Å². The van der Waals surface area contributed by atoms with Crippen LogP contribution in [0.5, 0.6) is 5.75 Å². The first-order chi connectivity index (χ1) is 15.6. The molecule has 1 N–H and O–H groups in total. The van der Waals surface area contributed by atoms with E-state index in [1.165, 1.54) is 43.9 Å². The molecular weight excluding hydrogens is 447 g/mol. The van der Waals surface area contributed by atoms with Gasteiger partial charge in [0.2, 0.25) is 0 Å². The fourth-order valence-corrected chi connectivity index (χ4v) is 8.25. The SMILES string of the molecule is CCC(C)(Oc1cc(C(=O)OCCS(=O)(=O)O)ccc1F)C1CC2CC1C1C3CCC(C3)C21. The third kappa shape index (κ3) is 4.07. The molecule has 4 bridgehead atoms. The Labute approximate surface area is 195 Å². The molecule has 8 unspecified atom stereocenters. The van der Waals surface area contributed by atoms with Crippen LogP contribution in [0.15, 0.2) is 18.2 Å². The summed E-state index contributed by atoms with van der Waals surface area (Å²) < 4.78 is 56.5. The normalized spacial score (nSPS) is 35.9. The summed E-state index contributed by atoms with van der Waals surface area (Å²) in [5.41, 5.74) is -0.443. The van der Waals surface area contributed by atoms with Gasteiger partial charge in [-0.3, -0.25) is 4.55 Å². The van der Waals surface area contributed by atoms with E-state index in [1.54, 1.807) is 0 Å². The summed E-state index contributed by atoms with van der Waals surface area (Å²) in [6.45, 7) is 3.68. The molecule has 33 heavy (non-hydrogen) atoms. The highest BCUT2D eigenvalue weighted by Gasteiger charge is 2.64. The van der Waals surface area contributed by atoms with Crippen LogP contribution in [0.2, 0.25) is 0 Å². The van der Waals surface area contributed by atoms with Crippen molar-refractivity contribution < 1.29 is 31.6 Å². The average Bonchev–Trinajstić information content (AvgIpc) is 3.53. The van der Waals surface area contributed by atoms with Crippen LogP contribution in [-0.4, -0.2) is 36.9 Å². The highest BCUT2D eigenvalue weighted by Crippen LogP contribution is 2.70. The van der Waals surface area contributed by atoms with E-state index in [4.69, 9.17) is 14.0 Å². The summed E-state index contributed by atoms with van der Waals surface area (Å²) in [6.07, 6.45) is 7.32. The average molecular weight is 481 g/mol. The van der Waals surface area contributed by atoms with E-state index >= 15 is 0 Å². The number of carbonyl (C=O) groups excluding carboxylic acids is 1. The summed E-state index contributed by atoms with van der Waals surface area (Å²) in [7, 11) is -4.23. The van der Waals surface area contributed by atoms with Gasteiger partial charge in [0.1, 0.15) is 18.0 Å². The molecule has 1 aromatic carbocycles. The van der Waals surface area contributed by atoms with Crippen molar-refractivity contribution in [1.82, 2.24) is 0 Å². The fraction of sp³-hybridized carbons (Fsp3) is 0.720. The summed E-state index contributed by atoms with van der Waals surface area (Å²) in [6, 6.07) is 3.81. The molecule has 5 rings (SSSR count). The fourth-order valence-electron chi connectivity index (χ4n) is 7.96. The molecule has 4 aliphatic carbocycles. The summed E-state index contributed by atoms with van der Waals surface area (Å²) in [5, 5.41) is 0. The third-order valence-electron chi connectivity index (χ3n) is 9.30. The Hall–Kier alpha value is -1.67. The van der Waals surface area contributed by atoms with Gasteiger partial charge in [-0.25, -0.2) is 9.18 Å². The summed E-state index contributed by atoms with van der Waals surface area (Å²) >= 11 is 0. The van der Waals surface area contributed by atoms with E-state index in [2.05, 4.69) is 13.8 Å². The topological polar surface area (TPSA) is 89.9 Å². The first kappa shape index (κ1) is 23.1. The molecule has 1 aromatic rings. The predicted molar refractivity (Wildman–Crippen MR) is 120 cm³/mol. The van der Waals surface area contributed by atoms with E-state index in [9.17, 15) is 17.6 Å². The van der Waals surface area contributed by atoms with Crippen molar-refractivity contribution in [3.8, 4) is 5.75 Å². The number of esters is 1. The number of fused-ring (bicyclic) bond motifs is 9. The van der Waals surface area contributed by atoms with E-state index in [0.29, 0.717) is 11.8 Å². The Morgan fingerprint density at radius 2 is 1.88 bits per heavy atom. The van der Waals surface area contributed by atoms with Gasteiger partial charge in [-0.05, 0) is 99.2 Å². The third-order valence-corrected chi connectivity index (χ3v) is 9.99. The standard InChI is InChI=1S/C25H33FO6S/c1-3-25(2,19-12-17-11-18(19)23-15-5-4-14(10-15)22(17)23)32-21-13-16(6-7-20(21)26)24(27)31-8-9-33(28,29)30/h6-7,13-15,17-19,22-23H,3-5,8-12H2,1-2H3,(H,28,29,30). The van der Waals surface area contributed by atoms with Gasteiger partial charge in [0.05, 0.1) is 5.56 Å². The number of benzene rings is 1. The van der Waals surface area contributed by atoms with Crippen LogP contribution in [0.25, 0.3) is 0 Å². The van der Waals surface area contributed by atoms with Crippen molar-refractivity contribution in [1.29, 1.82) is 0 Å². The van der Waals surface area contributed by atoms with E-state index < -0.39 is 39.9 Å². The van der Waals surface area contributed by atoms with E-state index in [0.717, 1.165) is 42.4 Å². The molecule has 0 aromatic heterocycles. The number of hydrogen-bond donors (Lipinski definition) is 1. The molecule has 6 nitrogen and oxygen atoms in total. The molecule has 0 amide bonds. The van der Waals surface area contributed by atoms with Crippen molar-refractivity contribution in [2.75, 3.05) is 12.4 Å². The Kier molecular flexibility index (Phi) is 5.75. The minimum Gasteiger partial charge on any atom is -0.484 e. The second-order valence-electron chi connectivity index (χ2n) is 10.8. The minimum atomic E-state index is -4.23. The van der Waals surface area contributed by atoms with Gasteiger partial charge in [-0.2, -0.15) is 8.42 Å². The summed E-state index contributed by atoms with van der Waals surface area (Å²) in [4.78, 5) is 12.3. The predicted octanol–water partition coefficient (Wildman–Crippen LogP) is 4.74. The first-order valence-electron chi connectivity index (χ1n) is 12.2. The van der Waals surface area contributed by atoms with Gasteiger partial charge in [0.15, 0.2) is 11.6 Å². The number of rotatable bonds is 8. The van der Waals surface area contributed by atoms with Gasteiger partial charge in [0, 0.05) is 5.92 Å². The lowest BCUT2D eigenvalue weighted by atomic mass is 9.63.